The summed E-state index contributed by atoms with van der Waals surface area (Å²) in [6, 6.07) is 3.74. The molecule has 2 aromatic rings. The molecule has 0 aliphatic rings. The molecule has 2 heterocycles. The summed E-state index contributed by atoms with van der Waals surface area (Å²) in [7, 11) is 1.30. The van der Waals surface area contributed by atoms with Crippen molar-refractivity contribution in [1.29, 1.82) is 0 Å². The number of nitrogens with two attached hydrogens (primary N) is 1. The van der Waals surface area contributed by atoms with Gasteiger partial charge >= 0.3 is 5.97 Å². The minimum atomic E-state index is -0.532. The Labute approximate surface area is 98.1 Å². The molecule has 0 radical (unpaired) electrons. The second-order valence-electron chi connectivity index (χ2n) is 3.45. The van der Waals surface area contributed by atoms with Gasteiger partial charge in [0.2, 0.25) is 0 Å². The number of hydrogen-bond donors (Lipinski definition) is 1. The van der Waals surface area contributed by atoms with Gasteiger partial charge in [0.1, 0.15) is 5.82 Å². The first kappa shape index (κ1) is 11.1. The summed E-state index contributed by atoms with van der Waals surface area (Å²) in [4.78, 5) is 19.2. The number of methoxy groups -OCH3 is 1. The topological polar surface area (TPSA) is 83.0 Å². The van der Waals surface area contributed by atoms with Gasteiger partial charge in [-0.05, 0) is 17.7 Å². The van der Waals surface area contributed by atoms with Gasteiger partial charge in [-0.25, -0.2) is 9.78 Å². The third-order valence-electron chi connectivity index (χ3n) is 2.36. The summed E-state index contributed by atoms with van der Waals surface area (Å²) in [6.07, 6.45) is 4.91. The van der Waals surface area contributed by atoms with Crippen molar-refractivity contribution in [3.8, 4) is 0 Å². The maximum Gasteiger partial charge on any atom is 0.360 e. The zero-order chi connectivity index (χ0) is 12.3. The number of nitrogens with zero attached hydrogens (tertiary/aromatic N) is 3. The third kappa shape index (κ3) is 2.25. The lowest BCUT2D eigenvalue weighted by atomic mass is 10.3. The summed E-state index contributed by atoms with van der Waals surface area (Å²) in [6.45, 7) is 0.540. The smallest absolute Gasteiger partial charge is 0.360 e. The highest BCUT2D eigenvalue weighted by molar-refractivity contribution is 5.92. The van der Waals surface area contributed by atoms with E-state index in [1.165, 1.54) is 13.4 Å². The largest absolute Gasteiger partial charge is 0.464 e. The fourth-order valence-electron chi connectivity index (χ4n) is 1.46. The van der Waals surface area contributed by atoms with Gasteiger partial charge in [0.25, 0.3) is 0 Å². The number of ether oxygens (including phenoxy) is 1. The van der Waals surface area contributed by atoms with Crippen LogP contribution in [0, 0.1) is 0 Å². The third-order valence-corrected chi connectivity index (χ3v) is 2.36. The molecule has 0 amide bonds. The number of carbonyl (C=O) groups excluding carboxylic acids is 1. The van der Waals surface area contributed by atoms with Crippen molar-refractivity contribution in [2.45, 2.75) is 6.54 Å². The van der Waals surface area contributed by atoms with E-state index in [1.807, 2.05) is 12.1 Å². The lowest BCUT2D eigenvalue weighted by molar-refractivity contribution is 0.0596. The van der Waals surface area contributed by atoms with Crippen molar-refractivity contribution in [2.24, 2.45) is 0 Å². The Hall–Kier alpha value is -2.37. The number of nitrogen functional groups attached to an aromatic ring is 1. The number of aromatic nitrogens is 3. The molecule has 0 unspecified atom stereocenters. The molecule has 88 valence electrons. The molecule has 17 heavy (non-hydrogen) atoms. The molecule has 0 spiro atoms. The van der Waals surface area contributed by atoms with Crippen LogP contribution in [-0.4, -0.2) is 27.6 Å². The lowest BCUT2D eigenvalue weighted by Gasteiger charge is -2.04. The first-order valence-corrected chi connectivity index (χ1v) is 5.00. The van der Waals surface area contributed by atoms with Gasteiger partial charge < -0.3 is 15.0 Å². The number of pyridine rings is 1. The van der Waals surface area contributed by atoms with Gasteiger partial charge in [-0.1, -0.05) is 0 Å². The predicted molar refractivity (Wildman–Crippen MR) is 61.3 cm³/mol. The van der Waals surface area contributed by atoms with Crippen LogP contribution in [0.3, 0.4) is 0 Å². The van der Waals surface area contributed by atoms with E-state index in [-0.39, 0.29) is 5.69 Å². The lowest BCUT2D eigenvalue weighted by Crippen LogP contribution is -2.08. The van der Waals surface area contributed by atoms with Gasteiger partial charge in [0.05, 0.1) is 20.0 Å². The van der Waals surface area contributed by atoms with Crippen molar-refractivity contribution in [3.05, 3.63) is 42.1 Å². The molecule has 0 aliphatic heterocycles. The van der Waals surface area contributed by atoms with Gasteiger partial charge in [-0.15, -0.1) is 0 Å². The number of imidazole rings is 1. The monoisotopic (exact) mass is 232 g/mol. The van der Waals surface area contributed by atoms with E-state index in [9.17, 15) is 4.79 Å². The number of hydrogen-bond acceptors (Lipinski definition) is 5. The Balaban J connectivity index is 2.24. The van der Waals surface area contributed by atoms with Crippen LogP contribution in [0.15, 0.2) is 30.9 Å². The highest BCUT2D eigenvalue weighted by Gasteiger charge is 2.15. The van der Waals surface area contributed by atoms with Gasteiger partial charge in [-0.3, -0.25) is 4.98 Å². The fraction of sp³-hybridized carbons (Fsp3) is 0.182. The number of carbonyl (C=O) groups is 1. The van der Waals surface area contributed by atoms with Crippen LogP contribution in [0.1, 0.15) is 16.1 Å². The van der Waals surface area contributed by atoms with E-state index in [4.69, 9.17) is 5.73 Å². The normalized spacial score (nSPS) is 10.2. The maximum absolute atomic E-state index is 11.3. The second kappa shape index (κ2) is 4.65. The Bertz CT molecular complexity index is 522. The van der Waals surface area contributed by atoms with Crippen LogP contribution in [0.5, 0.6) is 0 Å². The van der Waals surface area contributed by atoms with Crippen LogP contribution < -0.4 is 5.73 Å². The second-order valence-corrected chi connectivity index (χ2v) is 3.45. The molecular formula is C11H12N4O2. The molecule has 6 heteroatoms. The van der Waals surface area contributed by atoms with Crippen molar-refractivity contribution >= 4 is 11.8 Å². The van der Waals surface area contributed by atoms with Crippen molar-refractivity contribution in [2.75, 3.05) is 12.8 Å². The summed E-state index contributed by atoms with van der Waals surface area (Å²) in [5.74, 6) is -0.232. The van der Waals surface area contributed by atoms with Gasteiger partial charge in [-0.2, -0.15) is 0 Å². The zero-order valence-electron chi connectivity index (χ0n) is 9.33. The molecular weight excluding hydrogens is 220 g/mol. The molecule has 2 rings (SSSR count). The summed E-state index contributed by atoms with van der Waals surface area (Å²) < 4.78 is 6.26. The van der Waals surface area contributed by atoms with Crippen LogP contribution in [0.25, 0.3) is 0 Å². The highest BCUT2D eigenvalue weighted by Crippen LogP contribution is 2.13. The van der Waals surface area contributed by atoms with Crippen LogP contribution in [0.2, 0.25) is 0 Å². The van der Waals surface area contributed by atoms with Crippen molar-refractivity contribution < 1.29 is 9.53 Å². The Morgan fingerprint density at radius 1 is 1.47 bits per heavy atom. The first-order chi connectivity index (χ1) is 8.22. The van der Waals surface area contributed by atoms with Crippen LogP contribution in [-0.2, 0) is 11.3 Å². The first-order valence-electron chi connectivity index (χ1n) is 5.00. The molecule has 0 atom stereocenters. The number of esters is 1. The molecule has 2 N–H and O–H groups in total. The SMILES string of the molecule is COC(=O)c1ncn(Cc2ccncc2)c1N. The molecule has 6 nitrogen and oxygen atoms in total. The van der Waals surface area contributed by atoms with E-state index in [2.05, 4.69) is 14.7 Å². The molecule has 2 aromatic heterocycles. The summed E-state index contributed by atoms with van der Waals surface area (Å²) >= 11 is 0. The van der Waals surface area contributed by atoms with E-state index < -0.39 is 5.97 Å². The van der Waals surface area contributed by atoms with Gasteiger partial charge in [0, 0.05) is 12.4 Å². The fourth-order valence-corrected chi connectivity index (χ4v) is 1.46. The summed E-state index contributed by atoms with van der Waals surface area (Å²) in [5, 5.41) is 0. The minimum Gasteiger partial charge on any atom is -0.464 e. The average molecular weight is 232 g/mol. The maximum atomic E-state index is 11.3. The Morgan fingerprint density at radius 2 is 2.18 bits per heavy atom. The van der Waals surface area contributed by atoms with E-state index >= 15 is 0 Å². The Kier molecular flexibility index (Phi) is 3.04. The van der Waals surface area contributed by atoms with Crippen LogP contribution in [0.4, 0.5) is 5.82 Å². The highest BCUT2D eigenvalue weighted by atomic mass is 16.5. The molecule has 0 saturated carbocycles. The molecule has 0 aromatic carbocycles. The standard InChI is InChI=1S/C11H12N4O2/c1-17-11(16)9-10(12)15(7-14-9)6-8-2-4-13-5-3-8/h2-5,7H,6,12H2,1H3. The molecule has 0 saturated heterocycles. The molecule has 0 bridgehead atoms. The van der Waals surface area contributed by atoms with E-state index in [0.29, 0.717) is 12.4 Å². The van der Waals surface area contributed by atoms with E-state index in [1.54, 1.807) is 17.0 Å². The van der Waals surface area contributed by atoms with Gasteiger partial charge in [0.15, 0.2) is 5.69 Å². The number of rotatable bonds is 3. The van der Waals surface area contributed by atoms with Crippen molar-refractivity contribution in [3.63, 3.8) is 0 Å². The molecule has 0 fully saturated rings. The zero-order valence-corrected chi connectivity index (χ0v) is 9.33. The Morgan fingerprint density at radius 3 is 2.82 bits per heavy atom. The quantitative estimate of drug-likeness (QED) is 0.787. The molecule has 0 aliphatic carbocycles. The predicted octanol–water partition coefficient (Wildman–Crippen LogP) is 0.695. The van der Waals surface area contributed by atoms with Crippen LogP contribution >= 0.6 is 0 Å². The average Bonchev–Trinajstić information content (AvgIpc) is 2.72. The number of anilines is 1. The summed E-state index contributed by atoms with van der Waals surface area (Å²) in [5.41, 5.74) is 6.98. The minimum absolute atomic E-state index is 0.140. The van der Waals surface area contributed by atoms with Crippen molar-refractivity contribution in [1.82, 2.24) is 14.5 Å². The van der Waals surface area contributed by atoms with E-state index in [0.717, 1.165) is 5.56 Å².